The Morgan fingerprint density at radius 3 is 2.13 bits per heavy atom. The van der Waals surface area contributed by atoms with E-state index in [4.69, 9.17) is 42.6 Å². The highest BCUT2D eigenvalue weighted by atomic mass is 16.7. The van der Waals surface area contributed by atoms with Crippen LogP contribution in [0.1, 0.15) is 122 Å². The van der Waals surface area contributed by atoms with Crippen LogP contribution in [0.4, 0.5) is 0 Å². The lowest BCUT2D eigenvalue weighted by atomic mass is 9.77. The molecule has 60 heavy (non-hydrogen) atoms. The summed E-state index contributed by atoms with van der Waals surface area (Å²) in [5, 5.41) is 25.0. The summed E-state index contributed by atoms with van der Waals surface area (Å²) in [5.74, 6) is -2.89. The molecule has 0 aromatic carbocycles. The predicted molar refractivity (Wildman–Crippen MR) is 227 cm³/mol. The topological polar surface area (TPSA) is 164 Å². The number of esters is 2. The minimum absolute atomic E-state index is 0.102. The first-order chi connectivity index (χ1) is 27.9. The van der Waals surface area contributed by atoms with Gasteiger partial charge in [0.25, 0.3) is 0 Å². The summed E-state index contributed by atoms with van der Waals surface area (Å²) in [4.78, 5) is 31.3. The summed E-state index contributed by atoms with van der Waals surface area (Å²) in [7, 11) is 8.99. The normalized spacial score (nSPS) is 44.5. The fourth-order valence-corrected chi connectivity index (χ4v) is 10.1. The average molecular weight is 861 g/mol. The predicted octanol–water partition coefficient (Wildman–Crippen LogP) is 4.95. The molecule has 352 valence electrons. The van der Waals surface area contributed by atoms with Gasteiger partial charge >= 0.3 is 11.9 Å². The largest absolute Gasteiger partial charge is 0.459 e. The van der Waals surface area contributed by atoms with E-state index < -0.39 is 89.8 Å². The maximum absolute atomic E-state index is 14.6. The summed E-state index contributed by atoms with van der Waals surface area (Å²) >= 11 is 0. The van der Waals surface area contributed by atoms with Crippen molar-refractivity contribution in [3.63, 3.8) is 0 Å². The molecule has 0 aromatic heterocycles. The maximum atomic E-state index is 14.6. The zero-order valence-electron chi connectivity index (χ0n) is 40.1. The molecule has 18 atom stereocenters. The van der Waals surface area contributed by atoms with Crippen LogP contribution in [0.25, 0.3) is 0 Å². The summed E-state index contributed by atoms with van der Waals surface area (Å²) in [6.45, 7) is 23.3. The van der Waals surface area contributed by atoms with Crippen molar-refractivity contribution in [3.05, 3.63) is 0 Å². The van der Waals surface area contributed by atoms with Gasteiger partial charge in [0.15, 0.2) is 18.7 Å². The second kappa shape index (κ2) is 22.4. The molecule has 0 amide bonds. The number of carbonyl (C=O) groups is 2. The third-order valence-corrected chi connectivity index (χ3v) is 13.4. The Hall–Kier alpha value is -1.50. The van der Waals surface area contributed by atoms with E-state index in [1.54, 1.807) is 35.0 Å². The molecule has 15 nitrogen and oxygen atoms in total. The first-order valence-corrected chi connectivity index (χ1v) is 22.4. The van der Waals surface area contributed by atoms with Crippen LogP contribution < -0.4 is 0 Å². The monoisotopic (exact) mass is 861 g/mol. The lowest BCUT2D eigenvalue weighted by Crippen LogP contribution is -2.61. The molecular formula is C45H84N2O13. The number of hydrogen-bond acceptors (Lipinski definition) is 15. The molecule has 3 saturated heterocycles. The van der Waals surface area contributed by atoms with Crippen molar-refractivity contribution < 1.29 is 62.4 Å². The highest BCUT2D eigenvalue weighted by Gasteiger charge is 2.54. The quantitative estimate of drug-likeness (QED) is 0.189. The van der Waals surface area contributed by atoms with Gasteiger partial charge in [0, 0.05) is 52.7 Å². The number of rotatable bonds is 13. The Labute approximate surface area is 361 Å². The lowest BCUT2D eigenvalue weighted by molar-refractivity contribution is -0.321. The highest BCUT2D eigenvalue weighted by Crippen LogP contribution is 2.41. The molecule has 2 N–H and O–H groups in total. The number of aliphatic hydroxyl groups is 2. The second-order valence-electron chi connectivity index (χ2n) is 19.2. The van der Waals surface area contributed by atoms with Gasteiger partial charge in [-0.2, -0.15) is 0 Å². The van der Waals surface area contributed by atoms with E-state index in [1.807, 2.05) is 67.6 Å². The zero-order chi connectivity index (χ0) is 45.5. The molecule has 0 aliphatic carbocycles. The van der Waals surface area contributed by atoms with E-state index in [0.29, 0.717) is 26.0 Å². The van der Waals surface area contributed by atoms with Gasteiger partial charge in [-0.1, -0.05) is 34.1 Å². The molecule has 3 rings (SSSR count). The van der Waals surface area contributed by atoms with Crippen molar-refractivity contribution in [1.29, 1.82) is 0 Å². The van der Waals surface area contributed by atoms with Crippen LogP contribution in [0.15, 0.2) is 0 Å². The molecular weight excluding hydrogens is 776 g/mol. The highest BCUT2D eigenvalue weighted by molar-refractivity contribution is 5.73. The number of cyclic esters (lactones) is 1. The fraction of sp³-hybridized carbons (Fsp3) is 0.956. The Bertz CT molecular complexity index is 1340. The fourth-order valence-electron chi connectivity index (χ4n) is 10.1. The van der Waals surface area contributed by atoms with Gasteiger partial charge < -0.3 is 62.6 Å². The molecule has 3 aliphatic rings. The molecule has 3 heterocycles. The van der Waals surface area contributed by atoms with E-state index in [2.05, 4.69) is 18.7 Å². The molecule has 0 spiro atoms. The first-order valence-electron chi connectivity index (χ1n) is 22.4. The van der Waals surface area contributed by atoms with Gasteiger partial charge in [0.1, 0.15) is 23.9 Å². The minimum Gasteiger partial charge on any atom is -0.459 e. The van der Waals surface area contributed by atoms with Crippen molar-refractivity contribution in [3.8, 4) is 0 Å². The van der Waals surface area contributed by atoms with Gasteiger partial charge in [0.2, 0.25) is 0 Å². The van der Waals surface area contributed by atoms with Crippen molar-refractivity contribution in [2.75, 3.05) is 48.5 Å². The third-order valence-electron chi connectivity index (χ3n) is 13.4. The number of likely N-dealkylation sites (N-methyl/N-ethyl adjacent to an activating group) is 2. The van der Waals surface area contributed by atoms with E-state index in [0.717, 1.165) is 12.8 Å². The molecule has 0 aromatic rings. The van der Waals surface area contributed by atoms with Crippen LogP contribution in [-0.4, -0.2) is 171 Å². The number of nitrogens with zero attached hydrogens (tertiary/aromatic N) is 2. The van der Waals surface area contributed by atoms with Crippen LogP contribution in [0.2, 0.25) is 0 Å². The number of ether oxygens (including phenoxy) is 9. The van der Waals surface area contributed by atoms with Gasteiger partial charge in [-0.3, -0.25) is 9.59 Å². The van der Waals surface area contributed by atoms with E-state index in [-0.39, 0.29) is 43.1 Å². The van der Waals surface area contributed by atoms with E-state index in [1.165, 1.54) is 6.92 Å². The molecule has 0 saturated carbocycles. The van der Waals surface area contributed by atoms with Gasteiger partial charge in [0.05, 0.1) is 47.6 Å². The van der Waals surface area contributed by atoms with Crippen LogP contribution in [0.5, 0.6) is 0 Å². The van der Waals surface area contributed by atoms with E-state index in [9.17, 15) is 19.8 Å². The Balaban J connectivity index is 2.23. The molecule has 0 radical (unpaired) electrons. The summed E-state index contributed by atoms with van der Waals surface area (Å²) in [6.07, 6.45) is -4.21. The summed E-state index contributed by atoms with van der Waals surface area (Å²) in [6, 6.07) is -0.557. The number of hydrogen-bond donors (Lipinski definition) is 2. The van der Waals surface area contributed by atoms with Crippen molar-refractivity contribution in [2.45, 2.75) is 212 Å². The molecule has 15 heteroatoms. The Morgan fingerprint density at radius 2 is 1.58 bits per heavy atom. The Morgan fingerprint density at radius 1 is 0.933 bits per heavy atom. The zero-order valence-corrected chi connectivity index (χ0v) is 40.1. The minimum atomic E-state index is -1.58. The lowest BCUT2D eigenvalue weighted by Gasteiger charge is -2.49. The number of unbranched alkanes of at least 4 members (excludes halogenated alkanes) is 1. The molecule has 3 aliphatic heterocycles. The SMILES string of the molecule is CCCCO[C@H]1[C@H](C)O[C@@H](O[C@H]2[C@H](C)[C@@H](O[C@@H]3O[C@H](C)C[C@H](N(C)C)[C@H]3OC(C)=O)[C@](C)(O)C[C@@H](C)CN(C)[C@H](C)[C@@H](OC)[C@](C)(O)[C@@H](CC)OC(=O)[C@@H]2C)C[C@@]1(C)OC. The van der Waals surface area contributed by atoms with Crippen LogP contribution in [0.3, 0.4) is 0 Å². The Kier molecular flexibility index (Phi) is 19.7. The smallest absolute Gasteiger partial charge is 0.311 e. The van der Waals surface area contributed by atoms with Gasteiger partial charge in [-0.05, 0) is 101 Å². The maximum Gasteiger partial charge on any atom is 0.311 e. The number of carbonyl (C=O) groups excluding carboxylic acids is 2. The van der Waals surface area contributed by atoms with Crippen molar-refractivity contribution >= 4 is 11.9 Å². The van der Waals surface area contributed by atoms with Crippen LogP contribution in [0, 0.1) is 17.8 Å². The summed E-state index contributed by atoms with van der Waals surface area (Å²) in [5.41, 5.74) is -3.92. The third kappa shape index (κ3) is 12.8. The standard InChI is InChI=1S/C45H84N2O13/c1-18-20-21-54-40-31(8)56-35(24-44(40,11)53-17)59-36-28(5)38(60-42-37(57-32(9)48)33(46(13)14)22-27(4)55-42)43(10,50)23-26(3)25-47(15)30(7)39(52-16)45(12,51)34(19-2)58-41(49)29(36)6/h26-31,33-40,42,50-51H,18-25H2,1-17H3/t26-,27-,28+,29-,30-,31+,33+,34-,35+,36+,37-,38-,39-,40+,42+,43-,44-,45-/m1/s1. The average Bonchev–Trinajstić information content (AvgIpc) is 3.15. The second-order valence-corrected chi connectivity index (χ2v) is 19.2. The van der Waals surface area contributed by atoms with Crippen LogP contribution >= 0.6 is 0 Å². The molecule has 3 fully saturated rings. The van der Waals surface area contributed by atoms with Gasteiger partial charge in [-0.15, -0.1) is 0 Å². The van der Waals surface area contributed by atoms with Gasteiger partial charge in [-0.25, -0.2) is 0 Å². The van der Waals surface area contributed by atoms with Crippen molar-refractivity contribution in [2.24, 2.45) is 17.8 Å². The van der Waals surface area contributed by atoms with E-state index >= 15 is 0 Å². The molecule has 0 bridgehead atoms. The first kappa shape index (κ1) is 52.8. The number of methoxy groups -OCH3 is 2. The summed E-state index contributed by atoms with van der Waals surface area (Å²) < 4.78 is 57.6. The van der Waals surface area contributed by atoms with Crippen LogP contribution in [-0.2, 0) is 52.2 Å². The molecule has 0 unspecified atom stereocenters. The van der Waals surface area contributed by atoms with Crippen molar-refractivity contribution in [1.82, 2.24) is 9.80 Å².